The fourth-order valence-corrected chi connectivity index (χ4v) is 2.97. The Morgan fingerprint density at radius 1 is 1.00 bits per heavy atom. The van der Waals surface area contributed by atoms with Gasteiger partial charge in [0.25, 0.3) is 15.9 Å². The molecule has 0 saturated carbocycles. The second kappa shape index (κ2) is 7.33. The van der Waals surface area contributed by atoms with E-state index in [4.69, 9.17) is 0 Å². The van der Waals surface area contributed by atoms with Gasteiger partial charge in [-0.3, -0.25) is 15.6 Å². The Balaban J connectivity index is 1.69. The molecule has 3 aromatic rings. The smallest absolute Gasteiger partial charge is 0.277 e. The van der Waals surface area contributed by atoms with E-state index in [-0.39, 0.29) is 10.6 Å². The molecule has 1 aromatic heterocycles. The van der Waals surface area contributed by atoms with Crippen molar-refractivity contribution in [3.05, 3.63) is 72.1 Å². The van der Waals surface area contributed by atoms with Crippen molar-refractivity contribution in [1.29, 1.82) is 0 Å². The standard InChI is InChI=1S/C16H16N6O3S/c1-12-15(17-20-22(12)19-13-8-4-2-5-9-13)16(23)18-21-26(24,25)14-10-6-3-7-11-14/h2-11,19,21H,1H3,(H,18,23). The van der Waals surface area contributed by atoms with E-state index >= 15 is 0 Å². The summed E-state index contributed by atoms with van der Waals surface area (Å²) in [4.78, 5) is 15.6. The number of rotatable bonds is 6. The average Bonchev–Trinajstić information content (AvgIpc) is 3.02. The van der Waals surface area contributed by atoms with Crippen molar-refractivity contribution in [2.45, 2.75) is 11.8 Å². The summed E-state index contributed by atoms with van der Waals surface area (Å²) in [6, 6.07) is 16.9. The highest BCUT2D eigenvalue weighted by molar-refractivity contribution is 7.89. The number of hydrogen-bond acceptors (Lipinski definition) is 6. The van der Waals surface area contributed by atoms with E-state index in [9.17, 15) is 13.2 Å². The van der Waals surface area contributed by atoms with E-state index in [1.165, 1.54) is 16.9 Å². The lowest BCUT2D eigenvalue weighted by Gasteiger charge is -2.08. The van der Waals surface area contributed by atoms with Crippen molar-refractivity contribution >= 4 is 21.6 Å². The van der Waals surface area contributed by atoms with Gasteiger partial charge < -0.3 is 0 Å². The van der Waals surface area contributed by atoms with Gasteiger partial charge in [0.05, 0.1) is 16.3 Å². The molecule has 9 nitrogen and oxygen atoms in total. The van der Waals surface area contributed by atoms with Crippen molar-refractivity contribution in [3.8, 4) is 0 Å². The number of benzene rings is 2. The maximum atomic E-state index is 12.2. The minimum absolute atomic E-state index is 0.0100. The Bertz CT molecular complexity index is 1000. The predicted molar refractivity (Wildman–Crippen MR) is 94.5 cm³/mol. The van der Waals surface area contributed by atoms with Crippen LogP contribution in [-0.4, -0.2) is 29.4 Å². The van der Waals surface area contributed by atoms with Crippen LogP contribution in [0.4, 0.5) is 5.69 Å². The molecule has 0 atom stereocenters. The molecule has 134 valence electrons. The van der Waals surface area contributed by atoms with Crippen molar-refractivity contribution in [2.24, 2.45) is 0 Å². The minimum atomic E-state index is -3.87. The molecule has 2 aromatic carbocycles. The van der Waals surface area contributed by atoms with Crippen LogP contribution in [0.1, 0.15) is 16.2 Å². The van der Waals surface area contributed by atoms with Crippen molar-refractivity contribution in [3.63, 3.8) is 0 Å². The van der Waals surface area contributed by atoms with Gasteiger partial charge >= 0.3 is 0 Å². The van der Waals surface area contributed by atoms with Gasteiger partial charge in [0.15, 0.2) is 5.69 Å². The van der Waals surface area contributed by atoms with Gasteiger partial charge in [-0.1, -0.05) is 36.4 Å². The minimum Gasteiger partial charge on any atom is -0.277 e. The van der Waals surface area contributed by atoms with Gasteiger partial charge in [0, 0.05) is 0 Å². The van der Waals surface area contributed by atoms with E-state index in [1.54, 1.807) is 25.1 Å². The zero-order valence-corrected chi connectivity index (χ0v) is 14.6. The molecule has 0 spiro atoms. The van der Waals surface area contributed by atoms with E-state index in [0.29, 0.717) is 5.69 Å². The molecule has 1 heterocycles. The Morgan fingerprint density at radius 3 is 2.27 bits per heavy atom. The van der Waals surface area contributed by atoms with E-state index in [2.05, 4.69) is 21.2 Å². The fourth-order valence-electron chi connectivity index (χ4n) is 2.11. The molecule has 0 fully saturated rings. The first-order valence-corrected chi connectivity index (χ1v) is 9.07. The predicted octanol–water partition coefficient (Wildman–Crippen LogP) is 1.09. The summed E-state index contributed by atoms with van der Waals surface area (Å²) < 4.78 is 24.2. The maximum absolute atomic E-state index is 12.2. The van der Waals surface area contributed by atoms with Gasteiger partial charge in [0.2, 0.25) is 0 Å². The Hall–Kier alpha value is -3.24. The van der Waals surface area contributed by atoms with Crippen molar-refractivity contribution in [2.75, 3.05) is 5.43 Å². The van der Waals surface area contributed by atoms with Gasteiger partial charge in [-0.2, -0.15) is 4.79 Å². The molecule has 0 aliphatic heterocycles. The number of hydrogen-bond donors (Lipinski definition) is 3. The Kier molecular flexibility index (Phi) is 4.96. The lowest BCUT2D eigenvalue weighted by Crippen LogP contribution is -2.42. The average molecular weight is 372 g/mol. The zero-order chi connectivity index (χ0) is 18.6. The van der Waals surface area contributed by atoms with E-state index in [1.807, 2.05) is 35.2 Å². The molecule has 0 radical (unpaired) electrons. The summed E-state index contributed by atoms with van der Waals surface area (Å²) in [5, 5.41) is 7.64. The van der Waals surface area contributed by atoms with Crippen LogP contribution in [0.25, 0.3) is 0 Å². The topological polar surface area (TPSA) is 118 Å². The molecule has 3 N–H and O–H groups in total. The highest BCUT2D eigenvalue weighted by Crippen LogP contribution is 2.09. The Morgan fingerprint density at radius 2 is 1.62 bits per heavy atom. The number of sulfonamides is 1. The number of anilines is 1. The first-order chi connectivity index (χ1) is 12.5. The van der Waals surface area contributed by atoms with Crippen LogP contribution >= 0.6 is 0 Å². The molecule has 1 amide bonds. The second-order valence-electron chi connectivity index (χ2n) is 5.29. The van der Waals surface area contributed by atoms with Crippen LogP contribution in [-0.2, 0) is 10.0 Å². The summed E-state index contributed by atoms with van der Waals surface area (Å²) in [5.41, 5.74) is 6.28. The molecule has 0 bridgehead atoms. The number of hydrazine groups is 1. The van der Waals surface area contributed by atoms with Crippen molar-refractivity contribution in [1.82, 2.24) is 25.4 Å². The molecular weight excluding hydrogens is 356 g/mol. The zero-order valence-electron chi connectivity index (χ0n) is 13.7. The number of carbonyl (C=O) groups is 1. The summed E-state index contributed by atoms with van der Waals surface area (Å²) in [7, 11) is -3.87. The molecule has 0 aliphatic carbocycles. The molecule has 0 aliphatic rings. The number of para-hydroxylation sites is 1. The third-order valence-corrected chi connectivity index (χ3v) is 4.73. The van der Waals surface area contributed by atoms with Crippen LogP contribution in [0.3, 0.4) is 0 Å². The van der Waals surface area contributed by atoms with Gasteiger partial charge in [-0.15, -0.1) is 9.93 Å². The van der Waals surface area contributed by atoms with Crippen LogP contribution in [0.2, 0.25) is 0 Å². The molecule has 0 saturated heterocycles. The number of amides is 1. The molecule has 26 heavy (non-hydrogen) atoms. The highest BCUT2D eigenvalue weighted by Gasteiger charge is 2.20. The molecule has 0 unspecified atom stereocenters. The van der Waals surface area contributed by atoms with Gasteiger partial charge in [-0.05, 0) is 36.4 Å². The highest BCUT2D eigenvalue weighted by atomic mass is 32.2. The van der Waals surface area contributed by atoms with Crippen LogP contribution in [0.15, 0.2) is 65.6 Å². The summed E-state index contributed by atoms with van der Waals surface area (Å²) >= 11 is 0. The maximum Gasteiger partial charge on any atom is 0.288 e. The number of nitrogens with zero attached hydrogens (tertiary/aromatic N) is 3. The first-order valence-electron chi connectivity index (χ1n) is 7.59. The van der Waals surface area contributed by atoms with E-state index < -0.39 is 15.9 Å². The third kappa shape index (κ3) is 3.87. The first kappa shape index (κ1) is 17.6. The summed E-state index contributed by atoms with van der Waals surface area (Å²) in [6.07, 6.45) is 0. The molecular formula is C16H16N6O3S. The third-order valence-electron chi connectivity index (χ3n) is 3.47. The van der Waals surface area contributed by atoms with Crippen LogP contribution in [0, 0.1) is 6.92 Å². The normalized spacial score (nSPS) is 11.1. The second-order valence-corrected chi connectivity index (χ2v) is 6.97. The number of carbonyl (C=O) groups excluding carboxylic acids is 1. The van der Waals surface area contributed by atoms with Crippen molar-refractivity contribution < 1.29 is 13.2 Å². The molecule has 3 rings (SSSR count). The van der Waals surface area contributed by atoms with Gasteiger partial charge in [0.1, 0.15) is 0 Å². The van der Waals surface area contributed by atoms with Crippen LogP contribution in [0.5, 0.6) is 0 Å². The van der Waals surface area contributed by atoms with Gasteiger partial charge in [-0.25, -0.2) is 8.42 Å². The number of nitrogens with one attached hydrogen (secondary N) is 3. The lowest BCUT2D eigenvalue weighted by atomic mass is 10.3. The SMILES string of the molecule is Cc1c(C(=O)NNS(=O)(=O)c2ccccc2)nnn1Nc1ccccc1. The summed E-state index contributed by atoms with van der Waals surface area (Å²) in [6.45, 7) is 1.64. The quantitative estimate of drug-likeness (QED) is 0.558. The monoisotopic (exact) mass is 372 g/mol. The number of aromatic nitrogens is 3. The molecule has 10 heteroatoms. The van der Waals surface area contributed by atoms with E-state index in [0.717, 1.165) is 5.69 Å². The van der Waals surface area contributed by atoms with Crippen LogP contribution < -0.4 is 15.7 Å². The fraction of sp³-hybridized carbons (Fsp3) is 0.0625. The largest absolute Gasteiger partial charge is 0.288 e. The Labute approximate surface area is 150 Å². The summed E-state index contributed by atoms with van der Waals surface area (Å²) in [5.74, 6) is -0.719. The lowest BCUT2D eigenvalue weighted by molar-refractivity contribution is 0.0939.